The van der Waals surface area contributed by atoms with Gasteiger partial charge < -0.3 is 15.6 Å². The van der Waals surface area contributed by atoms with Gasteiger partial charge >= 0.3 is 0 Å². The number of aryl methyl sites for hydroxylation is 1. The molecule has 1 unspecified atom stereocenters. The molecule has 0 aliphatic heterocycles. The smallest absolute Gasteiger partial charge is 0.151 e. The van der Waals surface area contributed by atoms with Crippen molar-refractivity contribution in [1.82, 2.24) is 25.6 Å². The fraction of sp³-hybridized carbons (Fsp3) is 0.429. The summed E-state index contributed by atoms with van der Waals surface area (Å²) >= 11 is 0. The number of nitrogens with zero attached hydrogens (tertiary/aromatic N) is 2. The van der Waals surface area contributed by atoms with Crippen LogP contribution in [0.2, 0.25) is 0 Å². The Kier molecular flexibility index (Phi) is 5.75. The minimum Gasteiger partial charge on any atom is -0.341 e. The highest BCUT2D eigenvalue weighted by Gasteiger charge is 2.20. The molecule has 142 valence electrons. The van der Waals surface area contributed by atoms with E-state index in [9.17, 15) is 4.39 Å². The maximum absolute atomic E-state index is 13.7. The van der Waals surface area contributed by atoms with Gasteiger partial charge in [0, 0.05) is 12.2 Å². The molecule has 0 saturated heterocycles. The van der Waals surface area contributed by atoms with Crippen molar-refractivity contribution in [3.63, 3.8) is 0 Å². The van der Waals surface area contributed by atoms with Gasteiger partial charge in [0.25, 0.3) is 0 Å². The van der Waals surface area contributed by atoms with Gasteiger partial charge in [-0.2, -0.15) is 0 Å². The van der Waals surface area contributed by atoms with Gasteiger partial charge in [-0.1, -0.05) is 12.1 Å². The maximum atomic E-state index is 13.7. The van der Waals surface area contributed by atoms with E-state index >= 15 is 0 Å². The quantitative estimate of drug-likeness (QED) is 0.532. The lowest BCUT2D eigenvalue weighted by atomic mass is 9.92. The SMILES string of the molecule is Fc1cccc2[nH]c(CNCCCCNC3CCCc4cccnc43)nc12. The van der Waals surface area contributed by atoms with E-state index in [0.29, 0.717) is 18.1 Å². The molecule has 5 nitrogen and oxygen atoms in total. The number of aromatic amines is 1. The summed E-state index contributed by atoms with van der Waals surface area (Å²) in [5.74, 6) is 0.498. The Labute approximate surface area is 158 Å². The number of halogens is 1. The average Bonchev–Trinajstić information content (AvgIpc) is 3.12. The van der Waals surface area contributed by atoms with Crippen LogP contribution < -0.4 is 10.6 Å². The van der Waals surface area contributed by atoms with Crippen molar-refractivity contribution in [2.75, 3.05) is 13.1 Å². The Bertz CT molecular complexity index is 891. The second kappa shape index (κ2) is 8.59. The maximum Gasteiger partial charge on any atom is 0.151 e. The first kappa shape index (κ1) is 18.1. The molecule has 0 spiro atoms. The third kappa shape index (κ3) is 4.34. The number of benzene rings is 1. The van der Waals surface area contributed by atoms with Crippen LogP contribution in [0, 0.1) is 5.82 Å². The number of hydrogen-bond donors (Lipinski definition) is 3. The second-order valence-electron chi connectivity index (χ2n) is 7.15. The molecule has 3 N–H and O–H groups in total. The van der Waals surface area contributed by atoms with E-state index in [4.69, 9.17) is 0 Å². The number of hydrogen-bond acceptors (Lipinski definition) is 4. The van der Waals surface area contributed by atoms with E-state index in [2.05, 4.69) is 31.7 Å². The van der Waals surface area contributed by atoms with Crippen LogP contribution in [0.5, 0.6) is 0 Å². The van der Waals surface area contributed by atoms with Crippen LogP contribution in [-0.4, -0.2) is 28.0 Å². The van der Waals surface area contributed by atoms with E-state index in [-0.39, 0.29) is 5.82 Å². The minimum absolute atomic E-state index is 0.278. The number of fused-ring (bicyclic) bond motifs is 2. The largest absolute Gasteiger partial charge is 0.341 e. The summed E-state index contributed by atoms with van der Waals surface area (Å²) in [6, 6.07) is 9.61. The fourth-order valence-electron chi connectivity index (χ4n) is 3.80. The van der Waals surface area contributed by atoms with Gasteiger partial charge in [-0.3, -0.25) is 4.98 Å². The average molecular weight is 367 g/mol. The lowest BCUT2D eigenvalue weighted by molar-refractivity contribution is 0.439. The topological polar surface area (TPSA) is 65.6 Å². The zero-order valence-electron chi connectivity index (χ0n) is 15.5. The molecule has 0 fully saturated rings. The highest BCUT2D eigenvalue weighted by Crippen LogP contribution is 2.27. The highest BCUT2D eigenvalue weighted by atomic mass is 19.1. The molecule has 2 heterocycles. The Morgan fingerprint density at radius 3 is 3.00 bits per heavy atom. The summed E-state index contributed by atoms with van der Waals surface area (Å²) < 4.78 is 13.7. The minimum atomic E-state index is -0.278. The van der Waals surface area contributed by atoms with Gasteiger partial charge in [0.2, 0.25) is 0 Å². The van der Waals surface area contributed by atoms with E-state index in [1.54, 1.807) is 6.07 Å². The predicted molar refractivity (Wildman–Crippen MR) is 105 cm³/mol. The molecule has 0 radical (unpaired) electrons. The first-order chi connectivity index (χ1) is 13.3. The molecule has 3 aromatic rings. The third-order valence-electron chi connectivity index (χ3n) is 5.17. The molecule has 0 saturated carbocycles. The molecule has 1 aliphatic carbocycles. The summed E-state index contributed by atoms with van der Waals surface area (Å²) in [6.07, 6.45) is 7.65. The zero-order chi connectivity index (χ0) is 18.5. The number of unbranched alkanes of at least 4 members (excludes halogenated alkanes) is 1. The molecule has 6 heteroatoms. The lowest BCUT2D eigenvalue weighted by Gasteiger charge is -2.25. The van der Waals surface area contributed by atoms with Crippen LogP contribution in [0.3, 0.4) is 0 Å². The van der Waals surface area contributed by atoms with Crippen LogP contribution in [0.4, 0.5) is 4.39 Å². The summed E-state index contributed by atoms with van der Waals surface area (Å²) in [4.78, 5) is 12.0. The van der Waals surface area contributed by atoms with Gasteiger partial charge in [-0.05, 0) is 69.0 Å². The summed E-state index contributed by atoms with van der Waals surface area (Å²) in [6.45, 7) is 2.54. The van der Waals surface area contributed by atoms with Gasteiger partial charge in [-0.15, -0.1) is 0 Å². The number of rotatable bonds is 8. The van der Waals surface area contributed by atoms with Gasteiger partial charge in [0.05, 0.1) is 17.8 Å². The molecule has 27 heavy (non-hydrogen) atoms. The predicted octanol–water partition coefficient (Wildman–Crippen LogP) is 3.63. The van der Waals surface area contributed by atoms with Crippen LogP contribution in [0.1, 0.15) is 48.8 Å². The molecule has 1 aromatic carbocycles. The number of H-pyrrole nitrogens is 1. The fourth-order valence-corrected chi connectivity index (χ4v) is 3.80. The third-order valence-corrected chi connectivity index (χ3v) is 5.17. The molecule has 1 aliphatic rings. The second-order valence-corrected chi connectivity index (χ2v) is 7.15. The van der Waals surface area contributed by atoms with E-state index in [1.165, 1.54) is 30.2 Å². The zero-order valence-corrected chi connectivity index (χ0v) is 15.5. The molecule has 0 amide bonds. The Balaban J connectivity index is 1.15. The van der Waals surface area contributed by atoms with Crippen molar-refractivity contribution in [3.8, 4) is 0 Å². The summed E-state index contributed by atoms with van der Waals surface area (Å²) in [5.41, 5.74) is 3.79. The number of imidazole rings is 1. The molecular weight excluding hydrogens is 341 g/mol. The molecule has 2 aromatic heterocycles. The first-order valence-electron chi connectivity index (χ1n) is 9.82. The Morgan fingerprint density at radius 1 is 1.15 bits per heavy atom. The van der Waals surface area contributed by atoms with E-state index in [1.807, 2.05) is 18.3 Å². The van der Waals surface area contributed by atoms with Crippen molar-refractivity contribution in [2.45, 2.75) is 44.7 Å². The normalized spacial score (nSPS) is 16.6. The van der Waals surface area contributed by atoms with Gasteiger partial charge in [-0.25, -0.2) is 9.37 Å². The molecule has 1 atom stereocenters. The Hall–Kier alpha value is -2.31. The number of para-hydroxylation sites is 1. The lowest BCUT2D eigenvalue weighted by Crippen LogP contribution is -2.27. The van der Waals surface area contributed by atoms with Crippen molar-refractivity contribution in [3.05, 3.63) is 59.4 Å². The number of pyridine rings is 1. The van der Waals surface area contributed by atoms with Crippen LogP contribution in [0.25, 0.3) is 11.0 Å². The van der Waals surface area contributed by atoms with Crippen molar-refractivity contribution < 1.29 is 4.39 Å². The van der Waals surface area contributed by atoms with Gasteiger partial charge in [0.1, 0.15) is 11.3 Å². The summed E-state index contributed by atoms with van der Waals surface area (Å²) in [7, 11) is 0. The van der Waals surface area contributed by atoms with Crippen LogP contribution in [-0.2, 0) is 13.0 Å². The van der Waals surface area contributed by atoms with Crippen molar-refractivity contribution in [2.24, 2.45) is 0 Å². The van der Waals surface area contributed by atoms with Crippen molar-refractivity contribution in [1.29, 1.82) is 0 Å². The molecule has 0 bridgehead atoms. The number of aromatic nitrogens is 3. The van der Waals surface area contributed by atoms with Crippen molar-refractivity contribution >= 4 is 11.0 Å². The highest BCUT2D eigenvalue weighted by molar-refractivity contribution is 5.75. The van der Waals surface area contributed by atoms with Gasteiger partial charge in [0.15, 0.2) is 5.82 Å². The number of nitrogens with one attached hydrogen (secondary N) is 3. The van der Waals surface area contributed by atoms with Crippen LogP contribution >= 0.6 is 0 Å². The summed E-state index contributed by atoms with van der Waals surface area (Å²) in [5, 5.41) is 7.04. The van der Waals surface area contributed by atoms with Crippen LogP contribution in [0.15, 0.2) is 36.5 Å². The monoisotopic (exact) mass is 367 g/mol. The standard InChI is InChI=1S/C21H26FN5/c22-16-8-4-10-18-21(16)27-19(26-18)14-23-11-1-2-12-24-17-9-3-6-15-7-5-13-25-20(15)17/h4-5,7-8,10,13,17,23-24H,1-3,6,9,11-12,14H2,(H,26,27). The van der Waals surface area contributed by atoms with E-state index in [0.717, 1.165) is 43.7 Å². The molecular formula is C21H26FN5. The first-order valence-corrected chi connectivity index (χ1v) is 9.82. The van der Waals surface area contributed by atoms with E-state index < -0.39 is 0 Å². The Morgan fingerprint density at radius 2 is 2.07 bits per heavy atom. The molecule has 4 rings (SSSR count).